The van der Waals surface area contributed by atoms with Crippen molar-refractivity contribution in [1.29, 1.82) is 0 Å². The van der Waals surface area contributed by atoms with Gasteiger partial charge in [-0.2, -0.15) is 0 Å². The lowest BCUT2D eigenvalue weighted by molar-refractivity contribution is -0.277. The Morgan fingerprint density at radius 2 is 0.817 bits per heavy atom. The highest BCUT2D eigenvalue weighted by Crippen LogP contribution is 2.37. The van der Waals surface area contributed by atoms with Crippen molar-refractivity contribution < 1.29 is 84.3 Å². The summed E-state index contributed by atoms with van der Waals surface area (Å²) in [6.07, 6.45) is -14.4. The van der Waals surface area contributed by atoms with Crippen LogP contribution in [0.3, 0.4) is 0 Å². The second-order valence-electron chi connectivity index (χ2n) is 17.6. The lowest BCUT2D eigenvalue weighted by Gasteiger charge is -2.39. The van der Waals surface area contributed by atoms with Crippen LogP contribution in [-0.4, -0.2) is 138 Å². The van der Waals surface area contributed by atoms with Gasteiger partial charge in [-0.05, 0) is 106 Å². The fourth-order valence-corrected chi connectivity index (χ4v) is 8.62. The van der Waals surface area contributed by atoms with Gasteiger partial charge in [0.15, 0.2) is 0 Å². The molecule has 0 aliphatic carbocycles. The number of carboxylic acids is 2. The van der Waals surface area contributed by atoms with Crippen LogP contribution in [0, 0.1) is 0 Å². The van der Waals surface area contributed by atoms with E-state index in [0.717, 1.165) is 22.3 Å². The lowest BCUT2D eigenvalue weighted by Crippen LogP contribution is -2.60. The predicted octanol–water partition coefficient (Wildman–Crippen LogP) is 3.61. The molecule has 0 aromatic heterocycles. The van der Waals surface area contributed by atoms with Gasteiger partial charge in [0.25, 0.3) is 0 Å². The van der Waals surface area contributed by atoms with Crippen LogP contribution < -0.4 is 14.2 Å². The number of rotatable bonds is 18. The van der Waals surface area contributed by atoms with Crippen LogP contribution in [0.15, 0.2) is 133 Å². The molecule has 8 rings (SSSR count). The summed E-state index contributed by atoms with van der Waals surface area (Å²) in [5.41, 5.74) is 7.07. The molecule has 2 aliphatic heterocycles. The van der Waals surface area contributed by atoms with Crippen LogP contribution in [0.2, 0.25) is 0 Å². The molecular formula is C54H54O17. The quantitative estimate of drug-likeness (QED) is 0.0589. The summed E-state index contributed by atoms with van der Waals surface area (Å²) in [6, 6.07) is 39.7. The normalized spacial score (nSPS) is 24.2. The minimum Gasteiger partial charge on any atom is -0.481 e. The first kappa shape index (κ1) is 50.6. The summed E-state index contributed by atoms with van der Waals surface area (Å²) < 4.78 is 29.6. The summed E-state index contributed by atoms with van der Waals surface area (Å²) in [5, 5.41) is 101. The fourth-order valence-electron chi connectivity index (χ4n) is 8.62. The van der Waals surface area contributed by atoms with Crippen molar-refractivity contribution >= 4 is 11.9 Å². The van der Waals surface area contributed by atoms with Gasteiger partial charge >= 0.3 is 11.9 Å². The zero-order valence-electron chi connectivity index (χ0n) is 38.0. The van der Waals surface area contributed by atoms with Gasteiger partial charge in [0, 0.05) is 11.1 Å². The van der Waals surface area contributed by atoms with Gasteiger partial charge in [0.2, 0.25) is 12.6 Å². The molecule has 0 amide bonds. The molecule has 372 valence electrons. The largest absolute Gasteiger partial charge is 0.481 e. The van der Waals surface area contributed by atoms with E-state index in [9.17, 15) is 60.7 Å². The molecule has 2 fully saturated rings. The van der Waals surface area contributed by atoms with Crippen molar-refractivity contribution in [2.24, 2.45) is 0 Å². The molecule has 6 aromatic carbocycles. The summed E-state index contributed by atoms with van der Waals surface area (Å²) in [4.78, 5) is 23.1. The first-order chi connectivity index (χ1) is 34.2. The number of hydrogen-bond donors (Lipinski definition) is 10. The molecule has 10 N–H and O–H groups in total. The minimum absolute atomic E-state index is 0.211. The molecule has 17 nitrogen and oxygen atoms in total. The SMILES string of the molecule is O=C(O)Cc1cccc(-c2cc(Cc3ccc(Oc4ccc(Cc5ccc(OC6OC(CO)C(O)C(O)C6O)c(-c6cccc(CC(=O)O)c6)c5)cc4)cc3)ccc2OC2OC(CO)C(O)C(O)C2O)c1. The van der Waals surface area contributed by atoms with Gasteiger partial charge in [-0.25, -0.2) is 0 Å². The Labute approximate surface area is 407 Å². The van der Waals surface area contributed by atoms with Gasteiger partial charge in [0.1, 0.15) is 71.8 Å². The summed E-state index contributed by atoms with van der Waals surface area (Å²) in [6.45, 7) is -1.25. The van der Waals surface area contributed by atoms with E-state index < -0.39 is 86.6 Å². The Bertz CT molecular complexity index is 2590. The third-order valence-electron chi connectivity index (χ3n) is 12.4. The molecule has 10 atom stereocenters. The average molecular weight is 975 g/mol. The van der Waals surface area contributed by atoms with E-state index in [1.165, 1.54) is 0 Å². The maximum absolute atomic E-state index is 11.5. The van der Waals surface area contributed by atoms with Gasteiger partial charge in [0.05, 0.1) is 26.1 Å². The molecule has 0 bridgehead atoms. The number of aliphatic hydroxyl groups is 8. The van der Waals surface area contributed by atoms with Crippen LogP contribution in [-0.2, 0) is 44.7 Å². The molecule has 10 unspecified atom stereocenters. The number of benzene rings is 6. The number of ether oxygens (including phenoxy) is 5. The molecule has 0 saturated carbocycles. The first-order valence-electron chi connectivity index (χ1n) is 22.8. The van der Waals surface area contributed by atoms with Crippen LogP contribution in [0.1, 0.15) is 33.4 Å². The van der Waals surface area contributed by atoms with Crippen LogP contribution >= 0.6 is 0 Å². The monoisotopic (exact) mass is 974 g/mol. The maximum atomic E-state index is 11.5. The van der Waals surface area contributed by atoms with E-state index in [1.807, 2.05) is 72.8 Å². The average Bonchev–Trinajstić information content (AvgIpc) is 3.36. The Morgan fingerprint density at radius 1 is 0.437 bits per heavy atom. The van der Waals surface area contributed by atoms with Gasteiger partial charge in [-0.1, -0.05) is 84.9 Å². The van der Waals surface area contributed by atoms with Crippen LogP contribution in [0.5, 0.6) is 23.0 Å². The molecule has 2 aliphatic rings. The lowest BCUT2D eigenvalue weighted by atomic mass is 9.96. The fraction of sp³-hybridized carbons (Fsp3) is 0.296. The Hall–Kier alpha value is -6.74. The van der Waals surface area contributed by atoms with Gasteiger partial charge in [-0.15, -0.1) is 0 Å². The predicted molar refractivity (Wildman–Crippen MR) is 254 cm³/mol. The van der Waals surface area contributed by atoms with Crippen molar-refractivity contribution in [2.75, 3.05) is 13.2 Å². The number of aliphatic hydroxyl groups excluding tert-OH is 8. The second-order valence-corrected chi connectivity index (χ2v) is 17.6. The van der Waals surface area contributed by atoms with Gasteiger partial charge in [-0.3, -0.25) is 9.59 Å². The molecular weight excluding hydrogens is 921 g/mol. The molecule has 6 aromatic rings. The molecule has 2 saturated heterocycles. The third-order valence-corrected chi connectivity index (χ3v) is 12.4. The molecule has 2 heterocycles. The highest BCUT2D eigenvalue weighted by molar-refractivity contribution is 5.76. The highest BCUT2D eigenvalue weighted by atomic mass is 16.7. The van der Waals surface area contributed by atoms with Crippen molar-refractivity contribution in [1.82, 2.24) is 0 Å². The Balaban J connectivity index is 0.961. The van der Waals surface area contributed by atoms with Crippen LogP contribution in [0.4, 0.5) is 0 Å². The number of hydrogen-bond acceptors (Lipinski definition) is 15. The van der Waals surface area contributed by atoms with E-state index in [2.05, 4.69) is 0 Å². The molecule has 0 spiro atoms. The minimum atomic E-state index is -1.64. The van der Waals surface area contributed by atoms with Crippen molar-refractivity contribution in [2.45, 2.75) is 87.1 Å². The number of carboxylic acid groups (broad SMARTS) is 2. The smallest absolute Gasteiger partial charge is 0.307 e. The van der Waals surface area contributed by atoms with E-state index in [0.29, 0.717) is 57.7 Å². The topological polar surface area (TPSA) is 283 Å². The third kappa shape index (κ3) is 12.2. The standard InChI is InChI=1S/C54H54O17/c55-27-43-47(61)49(63)51(65)53(70-43)68-41-17-11-33(23-39(41)35-5-1-3-31(21-35)25-45(57)58)19-29-7-13-37(14-8-29)67-38-15-9-30(10-16-38)20-34-12-18-42(69-54-52(66)50(64)48(62)44(28-56)71-54)40(24-34)36-6-2-4-32(22-36)26-46(59)60/h1-18,21-24,43-44,47-56,61-66H,19-20,25-28H2,(H,57,58)(H,59,60). The second kappa shape index (κ2) is 22.6. The van der Waals surface area contributed by atoms with E-state index >= 15 is 0 Å². The summed E-state index contributed by atoms with van der Waals surface area (Å²) >= 11 is 0. The Morgan fingerprint density at radius 3 is 1.18 bits per heavy atom. The van der Waals surface area contributed by atoms with E-state index in [-0.39, 0.29) is 24.3 Å². The van der Waals surface area contributed by atoms with Crippen molar-refractivity contribution in [3.63, 3.8) is 0 Å². The van der Waals surface area contributed by atoms with E-state index in [1.54, 1.807) is 60.7 Å². The van der Waals surface area contributed by atoms with Crippen LogP contribution in [0.25, 0.3) is 22.3 Å². The first-order valence-corrected chi connectivity index (χ1v) is 22.8. The molecule has 0 radical (unpaired) electrons. The van der Waals surface area contributed by atoms with Crippen molar-refractivity contribution in [3.05, 3.63) is 167 Å². The number of carbonyl (C=O) groups is 2. The van der Waals surface area contributed by atoms with Crippen molar-refractivity contribution in [3.8, 4) is 45.3 Å². The Kier molecular flexibility index (Phi) is 16.1. The summed E-state index contributed by atoms with van der Waals surface area (Å²) in [5.74, 6) is -0.318. The maximum Gasteiger partial charge on any atom is 0.307 e. The van der Waals surface area contributed by atoms with Gasteiger partial charge < -0.3 is 74.7 Å². The number of aliphatic carboxylic acids is 2. The summed E-state index contributed by atoms with van der Waals surface area (Å²) in [7, 11) is 0. The zero-order chi connectivity index (χ0) is 50.3. The molecule has 71 heavy (non-hydrogen) atoms. The van der Waals surface area contributed by atoms with E-state index in [4.69, 9.17) is 23.7 Å². The molecule has 17 heteroatoms. The highest BCUT2D eigenvalue weighted by Gasteiger charge is 2.46. The zero-order valence-corrected chi connectivity index (χ0v) is 38.0.